The van der Waals surface area contributed by atoms with Crippen LogP contribution in [-0.4, -0.2) is 4.98 Å². The molecule has 74 valence electrons. The first-order chi connectivity index (χ1) is 6.27. The topological polar surface area (TPSA) is 50.9 Å². The van der Waals surface area contributed by atoms with Gasteiger partial charge in [0.15, 0.2) is 0 Å². The fourth-order valence-electron chi connectivity index (χ4n) is 1.23. The predicted octanol–water partition coefficient (Wildman–Crippen LogP) is 2.08. The lowest BCUT2D eigenvalue weighted by atomic mass is 9.99. The molecular weight excluding hydrogens is 182 g/mol. The molecule has 1 rings (SSSR count). The van der Waals surface area contributed by atoms with Gasteiger partial charge in [-0.25, -0.2) is 0 Å². The molecule has 2 unspecified atom stereocenters. The summed E-state index contributed by atoms with van der Waals surface area (Å²) >= 11 is 1.65. The van der Waals surface area contributed by atoms with Gasteiger partial charge in [-0.05, 0) is 12.3 Å². The van der Waals surface area contributed by atoms with Gasteiger partial charge in [-0.3, -0.25) is 16.3 Å². The fraction of sp³-hybridized carbons (Fsp3) is 0.667. The maximum Gasteiger partial charge on any atom is 0.0794 e. The Morgan fingerprint density at radius 3 is 2.92 bits per heavy atom. The molecule has 3 N–H and O–H groups in total. The van der Waals surface area contributed by atoms with Crippen molar-refractivity contribution in [1.29, 1.82) is 0 Å². The van der Waals surface area contributed by atoms with Crippen LogP contribution in [0.15, 0.2) is 11.7 Å². The maximum atomic E-state index is 5.50. The van der Waals surface area contributed by atoms with Gasteiger partial charge in [-0.15, -0.1) is 11.3 Å². The van der Waals surface area contributed by atoms with Crippen LogP contribution in [0, 0.1) is 5.92 Å². The highest BCUT2D eigenvalue weighted by molar-refractivity contribution is 7.09. The van der Waals surface area contributed by atoms with Crippen molar-refractivity contribution in [1.82, 2.24) is 10.4 Å². The van der Waals surface area contributed by atoms with Crippen LogP contribution in [0.1, 0.15) is 37.6 Å². The average Bonchev–Trinajstić information content (AvgIpc) is 2.66. The third-order valence-corrected chi connectivity index (χ3v) is 3.22. The van der Waals surface area contributed by atoms with Crippen molar-refractivity contribution in [2.24, 2.45) is 11.8 Å². The highest BCUT2D eigenvalue weighted by atomic mass is 32.1. The van der Waals surface area contributed by atoms with Crippen LogP contribution in [0.5, 0.6) is 0 Å². The molecule has 0 radical (unpaired) electrons. The number of aromatic nitrogens is 1. The van der Waals surface area contributed by atoms with Crippen molar-refractivity contribution in [3.8, 4) is 0 Å². The van der Waals surface area contributed by atoms with E-state index in [0.29, 0.717) is 5.92 Å². The quantitative estimate of drug-likeness (QED) is 0.564. The molecule has 0 aliphatic heterocycles. The Bertz CT molecular complexity index is 223. The molecule has 2 atom stereocenters. The van der Waals surface area contributed by atoms with E-state index in [9.17, 15) is 0 Å². The first-order valence-electron chi connectivity index (χ1n) is 4.62. The second-order valence-electron chi connectivity index (χ2n) is 3.37. The van der Waals surface area contributed by atoms with Gasteiger partial charge in [0, 0.05) is 11.1 Å². The minimum atomic E-state index is 0.266. The highest BCUT2D eigenvalue weighted by Crippen LogP contribution is 2.24. The van der Waals surface area contributed by atoms with E-state index in [1.54, 1.807) is 11.3 Å². The lowest BCUT2D eigenvalue weighted by Crippen LogP contribution is -2.28. The van der Waals surface area contributed by atoms with Crippen LogP contribution < -0.4 is 11.3 Å². The number of hydrogen-bond donors (Lipinski definition) is 2. The molecule has 1 aromatic rings. The first-order valence-corrected chi connectivity index (χ1v) is 5.50. The van der Waals surface area contributed by atoms with E-state index >= 15 is 0 Å². The third kappa shape index (κ3) is 3.06. The minimum Gasteiger partial charge on any atom is -0.271 e. The number of hydrogen-bond acceptors (Lipinski definition) is 4. The van der Waals surface area contributed by atoms with Gasteiger partial charge in [-0.2, -0.15) is 0 Å². The van der Waals surface area contributed by atoms with Crippen molar-refractivity contribution in [2.75, 3.05) is 0 Å². The lowest BCUT2D eigenvalue weighted by Gasteiger charge is -2.17. The van der Waals surface area contributed by atoms with Crippen LogP contribution in [0.2, 0.25) is 0 Å². The Morgan fingerprint density at radius 2 is 2.46 bits per heavy atom. The molecule has 1 heterocycles. The second-order valence-corrected chi connectivity index (χ2v) is 4.29. The molecule has 0 amide bonds. The van der Waals surface area contributed by atoms with Crippen LogP contribution in [-0.2, 0) is 0 Å². The smallest absolute Gasteiger partial charge is 0.0794 e. The zero-order valence-electron chi connectivity index (χ0n) is 8.16. The Morgan fingerprint density at radius 1 is 1.69 bits per heavy atom. The highest BCUT2D eigenvalue weighted by Gasteiger charge is 2.13. The molecule has 0 fully saturated rings. The van der Waals surface area contributed by atoms with Gasteiger partial charge < -0.3 is 0 Å². The van der Waals surface area contributed by atoms with Gasteiger partial charge in [0.05, 0.1) is 11.6 Å². The number of nitrogens with zero attached hydrogens (tertiary/aromatic N) is 1. The molecule has 3 nitrogen and oxygen atoms in total. The van der Waals surface area contributed by atoms with Crippen LogP contribution >= 0.6 is 11.3 Å². The zero-order valence-corrected chi connectivity index (χ0v) is 8.97. The molecule has 13 heavy (non-hydrogen) atoms. The van der Waals surface area contributed by atoms with E-state index in [0.717, 1.165) is 6.42 Å². The molecule has 0 saturated carbocycles. The number of nitrogens with two attached hydrogens (primary N) is 1. The second kappa shape index (κ2) is 5.32. The summed E-state index contributed by atoms with van der Waals surface area (Å²) in [5.74, 6) is 6.19. The van der Waals surface area contributed by atoms with Crippen molar-refractivity contribution in [2.45, 2.75) is 32.7 Å². The fourth-order valence-corrected chi connectivity index (χ4v) is 1.93. The van der Waals surface area contributed by atoms with Crippen molar-refractivity contribution < 1.29 is 0 Å². The molecule has 0 saturated heterocycles. The Kier molecular flexibility index (Phi) is 4.35. The van der Waals surface area contributed by atoms with E-state index in [2.05, 4.69) is 24.3 Å². The van der Waals surface area contributed by atoms with Crippen molar-refractivity contribution in [3.05, 3.63) is 16.6 Å². The monoisotopic (exact) mass is 199 g/mol. The van der Waals surface area contributed by atoms with Crippen molar-refractivity contribution >= 4 is 11.3 Å². The number of hydrazine groups is 1. The summed E-state index contributed by atoms with van der Waals surface area (Å²) in [6.07, 6.45) is 4.16. The molecule has 0 bridgehead atoms. The molecule has 0 spiro atoms. The Labute approximate surface area is 83.3 Å². The van der Waals surface area contributed by atoms with Gasteiger partial charge in [0.1, 0.15) is 0 Å². The first kappa shape index (κ1) is 10.6. The standard InChI is InChI=1S/C9H17N3S/c1-3-7(2)4-8(12-10)9-5-11-6-13-9/h5-8,12H,3-4,10H2,1-2H3. The number of nitrogens with one attached hydrogen (secondary N) is 1. The molecular formula is C9H17N3S. The number of thiazole rings is 1. The van der Waals surface area contributed by atoms with E-state index < -0.39 is 0 Å². The Balaban J connectivity index is 2.53. The van der Waals surface area contributed by atoms with E-state index in [-0.39, 0.29) is 6.04 Å². The summed E-state index contributed by atoms with van der Waals surface area (Å²) < 4.78 is 0. The van der Waals surface area contributed by atoms with Gasteiger partial charge in [0.25, 0.3) is 0 Å². The lowest BCUT2D eigenvalue weighted by molar-refractivity contribution is 0.411. The maximum absolute atomic E-state index is 5.50. The third-order valence-electron chi connectivity index (χ3n) is 2.33. The van der Waals surface area contributed by atoms with Crippen LogP contribution in [0.4, 0.5) is 0 Å². The van der Waals surface area contributed by atoms with Crippen LogP contribution in [0.3, 0.4) is 0 Å². The summed E-state index contributed by atoms with van der Waals surface area (Å²) in [5, 5.41) is 0. The molecule has 0 aliphatic rings. The van der Waals surface area contributed by atoms with E-state index in [1.165, 1.54) is 11.3 Å². The summed E-state index contributed by atoms with van der Waals surface area (Å²) in [6.45, 7) is 4.44. The van der Waals surface area contributed by atoms with Gasteiger partial charge >= 0.3 is 0 Å². The molecule has 4 heteroatoms. The minimum absolute atomic E-state index is 0.266. The van der Waals surface area contributed by atoms with E-state index in [4.69, 9.17) is 5.84 Å². The molecule has 0 aromatic carbocycles. The Hall–Kier alpha value is -0.450. The summed E-state index contributed by atoms with van der Waals surface area (Å²) in [5.41, 5.74) is 4.68. The van der Waals surface area contributed by atoms with Gasteiger partial charge in [0.2, 0.25) is 0 Å². The zero-order chi connectivity index (χ0) is 9.68. The largest absolute Gasteiger partial charge is 0.271 e. The summed E-state index contributed by atoms with van der Waals surface area (Å²) in [6, 6.07) is 0.266. The predicted molar refractivity (Wildman–Crippen MR) is 56.3 cm³/mol. The van der Waals surface area contributed by atoms with Crippen LogP contribution in [0.25, 0.3) is 0 Å². The number of rotatable bonds is 5. The normalized spacial score (nSPS) is 15.6. The van der Waals surface area contributed by atoms with Gasteiger partial charge in [-0.1, -0.05) is 20.3 Å². The molecule has 0 aliphatic carbocycles. The van der Waals surface area contributed by atoms with Crippen molar-refractivity contribution in [3.63, 3.8) is 0 Å². The SMILES string of the molecule is CCC(C)CC(NN)c1cncs1. The average molecular weight is 199 g/mol. The summed E-state index contributed by atoms with van der Waals surface area (Å²) in [4.78, 5) is 5.27. The summed E-state index contributed by atoms with van der Waals surface area (Å²) in [7, 11) is 0. The van der Waals surface area contributed by atoms with E-state index in [1.807, 2.05) is 11.7 Å². The molecule has 1 aromatic heterocycles.